The van der Waals surface area contributed by atoms with Crippen molar-refractivity contribution >= 4 is 34.5 Å². The molecule has 5 heteroatoms. The summed E-state index contributed by atoms with van der Waals surface area (Å²) in [5, 5.41) is 18.8. The van der Waals surface area contributed by atoms with Crippen LogP contribution in [-0.2, 0) is 6.42 Å². The summed E-state index contributed by atoms with van der Waals surface area (Å²) in [5.74, 6) is 0. The van der Waals surface area contributed by atoms with E-state index in [9.17, 15) is 5.11 Å². The van der Waals surface area contributed by atoms with Crippen LogP contribution >= 0.6 is 34.5 Å². The lowest BCUT2D eigenvalue weighted by Gasteiger charge is -2.18. The van der Waals surface area contributed by atoms with Gasteiger partial charge >= 0.3 is 0 Å². The van der Waals surface area contributed by atoms with Crippen LogP contribution in [0.25, 0.3) is 0 Å². The molecule has 2 unspecified atom stereocenters. The van der Waals surface area contributed by atoms with Crippen LogP contribution in [0.1, 0.15) is 24.2 Å². The van der Waals surface area contributed by atoms with Gasteiger partial charge in [-0.05, 0) is 53.9 Å². The molecule has 0 aliphatic heterocycles. The smallest absolute Gasteiger partial charge is 0.0929 e. The summed E-state index contributed by atoms with van der Waals surface area (Å²) in [5.41, 5.74) is 1.97. The van der Waals surface area contributed by atoms with Crippen LogP contribution < -0.4 is 5.32 Å². The predicted octanol–water partition coefficient (Wildman–Crippen LogP) is 4.31. The number of hydrogen-bond acceptors (Lipinski definition) is 3. The number of thiophene rings is 1. The zero-order chi connectivity index (χ0) is 14.5. The topological polar surface area (TPSA) is 32.3 Å². The summed E-state index contributed by atoms with van der Waals surface area (Å²) in [6, 6.07) is 7.54. The Bertz CT molecular complexity index is 545. The van der Waals surface area contributed by atoms with Crippen LogP contribution in [0, 0.1) is 0 Å². The minimum Gasteiger partial charge on any atom is -0.387 e. The molecule has 0 bridgehead atoms. The maximum absolute atomic E-state index is 10.2. The van der Waals surface area contributed by atoms with Gasteiger partial charge in [0.2, 0.25) is 0 Å². The van der Waals surface area contributed by atoms with Crippen LogP contribution in [0.2, 0.25) is 10.0 Å². The van der Waals surface area contributed by atoms with Gasteiger partial charge in [0, 0.05) is 28.2 Å². The van der Waals surface area contributed by atoms with Crippen LogP contribution in [0.15, 0.2) is 35.0 Å². The normalized spacial score (nSPS) is 14.2. The molecule has 0 saturated heterocycles. The van der Waals surface area contributed by atoms with Crippen molar-refractivity contribution in [3.63, 3.8) is 0 Å². The fourth-order valence-electron chi connectivity index (χ4n) is 2.03. The van der Waals surface area contributed by atoms with Gasteiger partial charge in [-0.3, -0.25) is 0 Å². The van der Waals surface area contributed by atoms with Gasteiger partial charge in [0.1, 0.15) is 0 Å². The maximum Gasteiger partial charge on any atom is 0.0929 e. The Labute approximate surface area is 133 Å². The summed E-state index contributed by atoms with van der Waals surface area (Å²) in [7, 11) is 0. The molecule has 0 radical (unpaired) electrons. The second-order valence-corrected chi connectivity index (χ2v) is 6.45. The second kappa shape index (κ2) is 7.43. The minimum atomic E-state index is -0.661. The van der Waals surface area contributed by atoms with Gasteiger partial charge in [-0.2, -0.15) is 11.3 Å². The average molecular weight is 330 g/mol. The highest BCUT2D eigenvalue weighted by Crippen LogP contribution is 2.26. The molecular weight excluding hydrogens is 313 g/mol. The molecule has 1 heterocycles. The van der Waals surface area contributed by atoms with Gasteiger partial charge in [0.25, 0.3) is 0 Å². The van der Waals surface area contributed by atoms with Crippen molar-refractivity contribution in [2.24, 2.45) is 0 Å². The number of rotatable bonds is 6. The van der Waals surface area contributed by atoms with E-state index in [0.29, 0.717) is 22.2 Å². The Kier molecular flexibility index (Phi) is 5.87. The number of benzene rings is 1. The second-order valence-electron chi connectivity index (χ2n) is 4.83. The van der Waals surface area contributed by atoms with Gasteiger partial charge in [-0.15, -0.1) is 0 Å². The van der Waals surface area contributed by atoms with Crippen LogP contribution in [0.3, 0.4) is 0 Å². The van der Waals surface area contributed by atoms with E-state index in [2.05, 4.69) is 29.1 Å². The number of aliphatic hydroxyl groups is 1. The lowest BCUT2D eigenvalue weighted by atomic mass is 10.1. The molecule has 0 aliphatic carbocycles. The van der Waals surface area contributed by atoms with Crippen molar-refractivity contribution in [3.8, 4) is 0 Å². The molecule has 1 aromatic carbocycles. The van der Waals surface area contributed by atoms with Crippen LogP contribution in [0.4, 0.5) is 0 Å². The van der Waals surface area contributed by atoms with E-state index < -0.39 is 6.10 Å². The molecule has 2 aromatic rings. The molecule has 0 saturated carbocycles. The summed E-state index contributed by atoms with van der Waals surface area (Å²) >= 11 is 13.7. The van der Waals surface area contributed by atoms with Gasteiger partial charge in [-0.25, -0.2) is 0 Å². The predicted molar refractivity (Wildman–Crippen MR) is 86.9 cm³/mol. The average Bonchev–Trinajstić information content (AvgIpc) is 2.91. The van der Waals surface area contributed by atoms with E-state index in [4.69, 9.17) is 23.2 Å². The summed E-state index contributed by atoms with van der Waals surface area (Å²) < 4.78 is 0. The number of aliphatic hydroxyl groups excluding tert-OH is 1. The van der Waals surface area contributed by atoms with Crippen LogP contribution in [-0.4, -0.2) is 17.7 Å². The quantitative estimate of drug-likeness (QED) is 0.827. The van der Waals surface area contributed by atoms with Crippen molar-refractivity contribution in [2.45, 2.75) is 25.5 Å². The summed E-state index contributed by atoms with van der Waals surface area (Å²) in [6.07, 6.45) is 0.283. The Morgan fingerprint density at radius 3 is 2.80 bits per heavy atom. The monoisotopic (exact) mass is 329 g/mol. The highest BCUT2D eigenvalue weighted by Gasteiger charge is 2.13. The lowest BCUT2D eigenvalue weighted by Crippen LogP contribution is -2.32. The Balaban J connectivity index is 1.88. The van der Waals surface area contributed by atoms with Crippen molar-refractivity contribution in [1.29, 1.82) is 0 Å². The lowest BCUT2D eigenvalue weighted by molar-refractivity contribution is 0.170. The third-order valence-electron chi connectivity index (χ3n) is 3.10. The molecule has 0 aliphatic rings. The first-order chi connectivity index (χ1) is 9.56. The fraction of sp³-hybridized carbons (Fsp3) is 0.333. The molecule has 2 rings (SSSR count). The molecule has 2 atom stereocenters. The molecule has 1 aromatic heterocycles. The van der Waals surface area contributed by atoms with Crippen molar-refractivity contribution in [3.05, 3.63) is 56.2 Å². The van der Waals surface area contributed by atoms with E-state index in [1.807, 2.05) is 0 Å². The standard InChI is InChI=1S/C15H17Cl2NOS/c1-10(6-11-4-5-20-9-11)18-8-15(19)13-7-12(16)2-3-14(13)17/h2-5,7,9-10,15,18-19H,6,8H2,1H3. The summed E-state index contributed by atoms with van der Waals surface area (Å²) in [4.78, 5) is 0. The van der Waals surface area contributed by atoms with Crippen molar-refractivity contribution < 1.29 is 5.11 Å². The largest absolute Gasteiger partial charge is 0.387 e. The Morgan fingerprint density at radius 2 is 2.10 bits per heavy atom. The zero-order valence-corrected chi connectivity index (χ0v) is 13.5. The van der Waals surface area contributed by atoms with E-state index in [1.54, 1.807) is 29.5 Å². The van der Waals surface area contributed by atoms with Crippen LogP contribution in [0.5, 0.6) is 0 Å². The van der Waals surface area contributed by atoms with Gasteiger partial charge in [0.15, 0.2) is 0 Å². The Hall–Kier alpha value is -0.580. The first kappa shape index (κ1) is 15.8. The molecule has 0 spiro atoms. The first-order valence-corrected chi connectivity index (χ1v) is 8.13. The van der Waals surface area contributed by atoms with E-state index in [1.165, 1.54) is 5.56 Å². The zero-order valence-electron chi connectivity index (χ0n) is 11.1. The Morgan fingerprint density at radius 1 is 1.30 bits per heavy atom. The van der Waals surface area contributed by atoms with Gasteiger partial charge < -0.3 is 10.4 Å². The third kappa shape index (κ3) is 4.47. The molecular formula is C15H17Cl2NOS. The van der Waals surface area contributed by atoms with Gasteiger partial charge in [0.05, 0.1) is 6.10 Å². The fourth-order valence-corrected chi connectivity index (χ4v) is 3.13. The highest BCUT2D eigenvalue weighted by molar-refractivity contribution is 7.07. The van der Waals surface area contributed by atoms with Gasteiger partial charge in [-0.1, -0.05) is 23.2 Å². The number of halogens is 2. The number of nitrogens with one attached hydrogen (secondary N) is 1. The minimum absolute atomic E-state index is 0.289. The molecule has 2 nitrogen and oxygen atoms in total. The van der Waals surface area contributed by atoms with E-state index in [-0.39, 0.29) is 6.04 Å². The highest BCUT2D eigenvalue weighted by atomic mass is 35.5. The molecule has 108 valence electrons. The molecule has 0 amide bonds. The molecule has 0 fully saturated rings. The third-order valence-corrected chi connectivity index (χ3v) is 4.41. The van der Waals surface area contributed by atoms with E-state index >= 15 is 0 Å². The van der Waals surface area contributed by atoms with Crippen molar-refractivity contribution in [1.82, 2.24) is 5.32 Å². The molecule has 2 N–H and O–H groups in total. The number of hydrogen-bond donors (Lipinski definition) is 2. The summed E-state index contributed by atoms with van der Waals surface area (Å²) in [6.45, 7) is 2.55. The van der Waals surface area contributed by atoms with E-state index in [0.717, 1.165) is 6.42 Å². The first-order valence-electron chi connectivity index (χ1n) is 6.43. The SMILES string of the molecule is CC(Cc1ccsc1)NCC(O)c1cc(Cl)ccc1Cl. The maximum atomic E-state index is 10.2. The van der Waals surface area contributed by atoms with Crippen molar-refractivity contribution in [2.75, 3.05) is 6.54 Å². The molecule has 20 heavy (non-hydrogen) atoms.